The standard InChI is InChI=1S/C15H24N4O/c1-15(20-2)6-3-7-19(11-15)14-10-16-8-13(18-14)9-17-12-4-5-12/h8,10,12,17H,3-7,9,11H2,1-2H3. The average molecular weight is 276 g/mol. The van der Waals surface area contributed by atoms with Crippen LogP contribution < -0.4 is 10.2 Å². The van der Waals surface area contributed by atoms with Gasteiger partial charge in [0.25, 0.3) is 0 Å². The molecule has 0 amide bonds. The van der Waals surface area contributed by atoms with Gasteiger partial charge in [0.05, 0.1) is 17.5 Å². The first kappa shape index (κ1) is 13.8. The van der Waals surface area contributed by atoms with Gasteiger partial charge in [-0.25, -0.2) is 4.98 Å². The molecular weight excluding hydrogens is 252 g/mol. The highest BCUT2D eigenvalue weighted by molar-refractivity contribution is 5.37. The summed E-state index contributed by atoms with van der Waals surface area (Å²) >= 11 is 0. The Morgan fingerprint density at radius 1 is 1.45 bits per heavy atom. The third-order valence-electron chi connectivity index (χ3n) is 4.30. The Morgan fingerprint density at radius 3 is 3.05 bits per heavy atom. The molecule has 1 saturated heterocycles. The number of aromatic nitrogens is 2. The van der Waals surface area contributed by atoms with E-state index in [0.29, 0.717) is 6.04 Å². The third kappa shape index (κ3) is 3.27. The van der Waals surface area contributed by atoms with Crippen LogP contribution in [0.2, 0.25) is 0 Å². The van der Waals surface area contributed by atoms with E-state index in [2.05, 4.69) is 22.1 Å². The molecule has 1 N–H and O–H groups in total. The van der Waals surface area contributed by atoms with Gasteiger partial charge < -0.3 is 15.0 Å². The van der Waals surface area contributed by atoms with Gasteiger partial charge in [0, 0.05) is 39.0 Å². The van der Waals surface area contributed by atoms with Crippen LogP contribution in [0.4, 0.5) is 5.82 Å². The van der Waals surface area contributed by atoms with Crippen molar-refractivity contribution >= 4 is 5.82 Å². The Hall–Kier alpha value is -1.20. The first-order chi connectivity index (χ1) is 9.68. The summed E-state index contributed by atoms with van der Waals surface area (Å²) in [6.07, 6.45) is 8.56. The zero-order valence-corrected chi connectivity index (χ0v) is 12.4. The third-order valence-corrected chi connectivity index (χ3v) is 4.30. The summed E-state index contributed by atoms with van der Waals surface area (Å²) in [5.74, 6) is 0.975. The van der Waals surface area contributed by atoms with Gasteiger partial charge in [-0.2, -0.15) is 0 Å². The first-order valence-electron chi connectivity index (χ1n) is 7.53. The highest BCUT2D eigenvalue weighted by Gasteiger charge is 2.31. The van der Waals surface area contributed by atoms with Crippen molar-refractivity contribution in [3.05, 3.63) is 18.1 Å². The van der Waals surface area contributed by atoms with Crippen molar-refractivity contribution in [3.8, 4) is 0 Å². The van der Waals surface area contributed by atoms with Crippen LogP contribution in [0.15, 0.2) is 12.4 Å². The number of methoxy groups -OCH3 is 1. The maximum atomic E-state index is 5.65. The fourth-order valence-corrected chi connectivity index (χ4v) is 2.74. The molecular formula is C15H24N4O. The predicted molar refractivity (Wildman–Crippen MR) is 78.8 cm³/mol. The molecule has 0 spiro atoms. The van der Waals surface area contributed by atoms with E-state index in [0.717, 1.165) is 44.0 Å². The monoisotopic (exact) mass is 276 g/mol. The van der Waals surface area contributed by atoms with Gasteiger partial charge in [-0.05, 0) is 32.6 Å². The lowest BCUT2D eigenvalue weighted by Crippen LogP contribution is -2.47. The lowest BCUT2D eigenvalue weighted by Gasteiger charge is -2.40. The normalized spacial score (nSPS) is 26.8. The number of piperidine rings is 1. The van der Waals surface area contributed by atoms with Crippen molar-refractivity contribution in [2.45, 2.75) is 50.8 Å². The molecule has 2 heterocycles. The molecule has 20 heavy (non-hydrogen) atoms. The molecule has 0 radical (unpaired) electrons. The zero-order valence-electron chi connectivity index (χ0n) is 12.4. The molecule has 110 valence electrons. The Bertz CT molecular complexity index is 463. The largest absolute Gasteiger partial charge is 0.377 e. The maximum absolute atomic E-state index is 5.65. The van der Waals surface area contributed by atoms with Crippen LogP contribution >= 0.6 is 0 Å². The summed E-state index contributed by atoms with van der Waals surface area (Å²) < 4.78 is 5.65. The molecule has 1 atom stereocenters. The van der Waals surface area contributed by atoms with Crippen LogP contribution in [0.25, 0.3) is 0 Å². The second-order valence-corrected chi connectivity index (χ2v) is 6.20. The first-order valence-corrected chi connectivity index (χ1v) is 7.53. The van der Waals surface area contributed by atoms with E-state index >= 15 is 0 Å². The number of anilines is 1. The zero-order chi connectivity index (χ0) is 14.0. The van der Waals surface area contributed by atoms with E-state index in [9.17, 15) is 0 Å². The van der Waals surface area contributed by atoms with Crippen LogP contribution in [0.5, 0.6) is 0 Å². The van der Waals surface area contributed by atoms with E-state index in [1.165, 1.54) is 12.8 Å². The number of hydrogen-bond donors (Lipinski definition) is 1. The topological polar surface area (TPSA) is 50.3 Å². The van der Waals surface area contributed by atoms with Crippen molar-refractivity contribution in [1.82, 2.24) is 15.3 Å². The molecule has 0 aromatic carbocycles. The summed E-state index contributed by atoms with van der Waals surface area (Å²) in [4.78, 5) is 11.4. The number of nitrogens with one attached hydrogen (secondary N) is 1. The quantitative estimate of drug-likeness (QED) is 0.887. The van der Waals surface area contributed by atoms with Gasteiger partial charge in [-0.1, -0.05) is 0 Å². The van der Waals surface area contributed by atoms with E-state index in [4.69, 9.17) is 9.72 Å². The molecule has 0 bridgehead atoms. The minimum Gasteiger partial charge on any atom is -0.377 e. The molecule has 1 unspecified atom stereocenters. The Balaban J connectivity index is 1.67. The van der Waals surface area contributed by atoms with Gasteiger partial charge in [0.1, 0.15) is 5.82 Å². The van der Waals surface area contributed by atoms with E-state index in [1.807, 2.05) is 12.4 Å². The highest BCUT2D eigenvalue weighted by atomic mass is 16.5. The van der Waals surface area contributed by atoms with Crippen molar-refractivity contribution < 1.29 is 4.74 Å². The molecule has 5 heteroatoms. The van der Waals surface area contributed by atoms with Crippen molar-refractivity contribution in [2.75, 3.05) is 25.1 Å². The molecule has 2 aliphatic rings. The van der Waals surface area contributed by atoms with Crippen molar-refractivity contribution in [1.29, 1.82) is 0 Å². The fourth-order valence-electron chi connectivity index (χ4n) is 2.74. The van der Waals surface area contributed by atoms with Gasteiger partial charge in [0.2, 0.25) is 0 Å². The highest BCUT2D eigenvalue weighted by Crippen LogP contribution is 2.26. The molecule has 1 aliphatic carbocycles. The average Bonchev–Trinajstić information content (AvgIpc) is 3.30. The number of ether oxygens (including phenoxy) is 1. The van der Waals surface area contributed by atoms with Crippen LogP contribution in [0, 0.1) is 0 Å². The van der Waals surface area contributed by atoms with Crippen LogP contribution in [-0.2, 0) is 11.3 Å². The maximum Gasteiger partial charge on any atom is 0.147 e. The number of rotatable bonds is 5. The Kier molecular flexibility index (Phi) is 3.89. The van der Waals surface area contributed by atoms with Crippen molar-refractivity contribution in [3.63, 3.8) is 0 Å². The summed E-state index contributed by atoms with van der Waals surface area (Å²) in [6, 6.07) is 0.701. The minimum atomic E-state index is -0.0673. The fraction of sp³-hybridized carbons (Fsp3) is 0.733. The van der Waals surface area contributed by atoms with E-state index in [-0.39, 0.29) is 5.60 Å². The van der Waals surface area contributed by atoms with E-state index < -0.39 is 0 Å². The summed E-state index contributed by atoms with van der Waals surface area (Å²) in [7, 11) is 1.80. The summed E-state index contributed by atoms with van der Waals surface area (Å²) in [5.41, 5.74) is 0.960. The lowest BCUT2D eigenvalue weighted by atomic mass is 9.95. The SMILES string of the molecule is COC1(C)CCCN(c2cncc(CNC3CC3)n2)C1. The predicted octanol–water partition coefficient (Wildman–Crippen LogP) is 1.73. The van der Waals surface area contributed by atoms with Gasteiger partial charge in [-0.3, -0.25) is 4.98 Å². The molecule has 1 aliphatic heterocycles. The second-order valence-electron chi connectivity index (χ2n) is 6.20. The molecule has 5 nitrogen and oxygen atoms in total. The van der Waals surface area contributed by atoms with Crippen molar-refractivity contribution in [2.24, 2.45) is 0 Å². The lowest BCUT2D eigenvalue weighted by molar-refractivity contribution is -0.00483. The Morgan fingerprint density at radius 2 is 2.30 bits per heavy atom. The number of hydrogen-bond acceptors (Lipinski definition) is 5. The van der Waals surface area contributed by atoms with Crippen LogP contribution in [0.1, 0.15) is 38.3 Å². The van der Waals surface area contributed by atoms with Gasteiger partial charge in [-0.15, -0.1) is 0 Å². The molecule has 2 fully saturated rings. The Labute approximate surface area is 120 Å². The summed E-state index contributed by atoms with van der Waals surface area (Å²) in [6.45, 7) is 4.91. The number of nitrogens with zero attached hydrogens (tertiary/aromatic N) is 3. The smallest absolute Gasteiger partial charge is 0.147 e. The molecule has 3 rings (SSSR count). The van der Waals surface area contributed by atoms with Crippen LogP contribution in [0.3, 0.4) is 0 Å². The van der Waals surface area contributed by atoms with Gasteiger partial charge >= 0.3 is 0 Å². The molecule has 1 aromatic rings. The minimum absolute atomic E-state index is 0.0673. The van der Waals surface area contributed by atoms with Crippen LogP contribution in [-0.4, -0.2) is 41.8 Å². The summed E-state index contributed by atoms with van der Waals surface area (Å²) in [5, 5.41) is 3.48. The molecule has 1 aromatic heterocycles. The van der Waals surface area contributed by atoms with Gasteiger partial charge in [0.15, 0.2) is 0 Å². The second kappa shape index (κ2) is 5.66. The van der Waals surface area contributed by atoms with E-state index in [1.54, 1.807) is 7.11 Å². The molecule has 1 saturated carbocycles.